The Hall–Kier alpha value is -1.06. The van der Waals surface area contributed by atoms with Crippen LogP contribution in [0, 0.1) is 0 Å². The van der Waals surface area contributed by atoms with Crippen molar-refractivity contribution in [2.24, 2.45) is 0 Å². The number of ether oxygens (including phenoxy) is 1. The summed E-state index contributed by atoms with van der Waals surface area (Å²) in [4.78, 5) is 2.67. The molecule has 116 valence electrons. The molecular weight excluding hydrogens is 260 g/mol. The van der Waals surface area contributed by atoms with Crippen LogP contribution in [0.25, 0.3) is 0 Å². The van der Waals surface area contributed by atoms with Gasteiger partial charge >= 0.3 is 0 Å². The summed E-state index contributed by atoms with van der Waals surface area (Å²) in [6.45, 7) is 7.64. The van der Waals surface area contributed by atoms with E-state index in [0.717, 1.165) is 24.4 Å². The third-order valence-electron chi connectivity index (χ3n) is 4.67. The molecule has 0 amide bonds. The predicted octanol–water partition coefficient (Wildman–Crippen LogP) is 3.19. The molecule has 0 spiro atoms. The van der Waals surface area contributed by atoms with Crippen LogP contribution in [0.1, 0.15) is 45.1 Å². The van der Waals surface area contributed by atoms with Crippen LogP contribution in [0.4, 0.5) is 0 Å². The molecule has 1 N–H and O–H groups in total. The number of likely N-dealkylation sites (tertiary alicyclic amines) is 1. The Morgan fingerprint density at radius 1 is 1.19 bits per heavy atom. The Balaban J connectivity index is 1.60. The summed E-state index contributed by atoms with van der Waals surface area (Å²) in [5.74, 6) is 0.976. The van der Waals surface area contributed by atoms with Crippen LogP contribution >= 0.6 is 0 Å². The summed E-state index contributed by atoms with van der Waals surface area (Å²) in [7, 11) is 0. The van der Waals surface area contributed by atoms with Gasteiger partial charge in [-0.25, -0.2) is 0 Å². The molecule has 0 aliphatic carbocycles. The van der Waals surface area contributed by atoms with Gasteiger partial charge in [-0.1, -0.05) is 18.6 Å². The van der Waals surface area contributed by atoms with Gasteiger partial charge in [0, 0.05) is 25.2 Å². The van der Waals surface area contributed by atoms with Crippen LogP contribution in [0.15, 0.2) is 24.3 Å². The molecular formula is C18H28N2O. The second-order valence-electron chi connectivity index (χ2n) is 6.69. The van der Waals surface area contributed by atoms with E-state index in [0.29, 0.717) is 0 Å². The van der Waals surface area contributed by atoms with E-state index >= 15 is 0 Å². The van der Waals surface area contributed by atoms with Crippen LogP contribution < -0.4 is 10.1 Å². The van der Waals surface area contributed by atoms with Crippen molar-refractivity contribution in [3.05, 3.63) is 29.8 Å². The molecule has 0 aromatic heterocycles. The summed E-state index contributed by atoms with van der Waals surface area (Å²) < 4.78 is 5.72. The lowest BCUT2D eigenvalue weighted by Crippen LogP contribution is -2.40. The Bertz CT molecular complexity index is 443. The van der Waals surface area contributed by atoms with Gasteiger partial charge in [0.15, 0.2) is 0 Å². The van der Waals surface area contributed by atoms with Gasteiger partial charge in [0.2, 0.25) is 0 Å². The first-order valence-electron chi connectivity index (χ1n) is 8.45. The third kappa shape index (κ3) is 3.78. The number of benzene rings is 1. The second kappa shape index (κ2) is 6.80. The van der Waals surface area contributed by atoms with Crippen LogP contribution in [-0.4, -0.2) is 36.2 Å². The zero-order valence-electron chi connectivity index (χ0n) is 13.3. The van der Waals surface area contributed by atoms with Gasteiger partial charge in [0.25, 0.3) is 0 Å². The molecule has 2 heterocycles. The predicted molar refractivity (Wildman–Crippen MR) is 86.7 cm³/mol. The molecule has 0 unspecified atom stereocenters. The van der Waals surface area contributed by atoms with E-state index < -0.39 is 0 Å². The smallest absolute Gasteiger partial charge is 0.119 e. The number of rotatable bonds is 4. The molecule has 1 aromatic rings. The normalized spacial score (nSPS) is 26.6. The van der Waals surface area contributed by atoms with Crippen molar-refractivity contribution in [2.75, 3.05) is 13.1 Å². The van der Waals surface area contributed by atoms with E-state index in [1.807, 2.05) is 0 Å². The summed E-state index contributed by atoms with van der Waals surface area (Å²) in [6.07, 6.45) is 5.60. The Morgan fingerprint density at radius 2 is 2.00 bits per heavy atom. The van der Waals surface area contributed by atoms with Crippen molar-refractivity contribution in [3.8, 4) is 5.75 Å². The topological polar surface area (TPSA) is 24.5 Å². The van der Waals surface area contributed by atoms with Gasteiger partial charge < -0.3 is 10.1 Å². The lowest BCUT2D eigenvalue weighted by molar-refractivity contribution is 0.220. The maximum absolute atomic E-state index is 5.72. The number of nitrogens with one attached hydrogen (secondary N) is 1. The van der Waals surface area contributed by atoms with Gasteiger partial charge in [-0.2, -0.15) is 0 Å². The summed E-state index contributed by atoms with van der Waals surface area (Å²) in [5, 5.41) is 3.73. The second-order valence-corrected chi connectivity index (χ2v) is 6.69. The molecule has 2 fully saturated rings. The summed E-state index contributed by atoms with van der Waals surface area (Å²) in [6, 6.07) is 10.1. The minimum absolute atomic E-state index is 0.243. The Labute approximate surface area is 128 Å². The van der Waals surface area contributed by atoms with Crippen LogP contribution in [0.5, 0.6) is 5.75 Å². The minimum Gasteiger partial charge on any atom is -0.491 e. The highest BCUT2D eigenvalue weighted by atomic mass is 16.5. The maximum Gasteiger partial charge on any atom is 0.119 e. The maximum atomic E-state index is 5.72. The van der Waals surface area contributed by atoms with Crippen molar-refractivity contribution in [1.82, 2.24) is 10.2 Å². The first kappa shape index (κ1) is 14.9. The molecule has 0 bridgehead atoms. The molecule has 3 nitrogen and oxygen atoms in total. The van der Waals surface area contributed by atoms with E-state index in [4.69, 9.17) is 4.74 Å². The average molecular weight is 288 g/mol. The quantitative estimate of drug-likeness (QED) is 0.921. The van der Waals surface area contributed by atoms with Gasteiger partial charge in [0.1, 0.15) is 5.75 Å². The fraction of sp³-hybridized carbons (Fsp3) is 0.667. The van der Waals surface area contributed by atoms with E-state index in [2.05, 4.69) is 48.3 Å². The fourth-order valence-corrected chi connectivity index (χ4v) is 3.68. The summed E-state index contributed by atoms with van der Waals surface area (Å²) >= 11 is 0. The van der Waals surface area contributed by atoms with Crippen molar-refractivity contribution >= 4 is 0 Å². The average Bonchev–Trinajstić information content (AvgIpc) is 2.69. The van der Waals surface area contributed by atoms with Crippen molar-refractivity contribution in [2.45, 2.75) is 64.3 Å². The van der Waals surface area contributed by atoms with E-state index in [-0.39, 0.29) is 6.10 Å². The van der Waals surface area contributed by atoms with E-state index in [1.165, 1.54) is 44.3 Å². The Morgan fingerprint density at radius 3 is 2.76 bits per heavy atom. The monoisotopic (exact) mass is 288 g/mol. The number of hydrogen-bond acceptors (Lipinski definition) is 3. The standard InChI is InChI=1S/C18H28N2O/c1-14(2)21-16-8-6-15(7-9-16)13-20-12-10-17-18(20)5-3-4-11-19-17/h6-9,14,17-19H,3-5,10-13H2,1-2H3/t17-,18-/m1/s1. The van der Waals surface area contributed by atoms with Crippen molar-refractivity contribution in [1.29, 1.82) is 0 Å². The van der Waals surface area contributed by atoms with E-state index in [1.54, 1.807) is 0 Å². The highest BCUT2D eigenvalue weighted by Crippen LogP contribution is 2.27. The third-order valence-corrected chi connectivity index (χ3v) is 4.67. The van der Waals surface area contributed by atoms with Crippen LogP contribution in [0.2, 0.25) is 0 Å². The molecule has 2 aliphatic heterocycles. The molecule has 0 radical (unpaired) electrons. The van der Waals surface area contributed by atoms with Gasteiger partial charge in [-0.15, -0.1) is 0 Å². The molecule has 3 rings (SSSR count). The molecule has 2 saturated heterocycles. The van der Waals surface area contributed by atoms with Crippen LogP contribution in [-0.2, 0) is 6.54 Å². The molecule has 21 heavy (non-hydrogen) atoms. The largest absolute Gasteiger partial charge is 0.491 e. The lowest BCUT2D eigenvalue weighted by atomic mass is 10.0. The summed E-state index contributed by atoms with van der Waals surface area (Å²) in [5.41, 5.74) is 1.40. The number of hydrogen-bond donors (Lipinski definition) is 1. The van der Waals surface area contributed by atoms with Gasteiger partial charge in [0.05, 0.1) is 6.10 Å². The molecule has 2 aliphatic rings. The Kier molecular flexibility index (Phi) is 4.81. The van der Waals surface area contributed by atoms with Gasteiger partial charge in [-0.3, -0.25) is 4.90 Å². The molecule has 0 saturated carbocycles. The first-order valence-corrected chi connectivity index (χ1v) is 8.45. The molecule has 3 heteroatoms. The number of nitrogens with zero attached hydrogens (tertiary/aromatic N) is 1. The molecule has 1 aromatic carbocycles. The first-order chi connectivity index (χ1) is 10.2. The zero-order chi connectivity index (χ0) is 14.7. The van der Waals surface area contributed by atoms with Crippen molar-refractivity contribution in [3.63, 3.8) is 0 Å². The molecule has 2 atom stereocenters. The lowest BCUT2D eigenvalue weighted by Gasteiger charge is -2.27. The fourth-order valence-electron chi connectivity index (χ4n) is 3.68. The SMILES string of the molecule is CC(C)Oc1ccc(CN2CC[C@H]3NCCCC[C@H]32)cc1. The highest BCUT2D eigenvalue weighted by Gasteiger charge is 2.34. The number of fused-ring (bicyclic) bond motifs is 1. The zero-order valence-corrected chi connectivity index (χ0v) is 13.3. The van der Waals surface area contributed by atoms with Gasteiger partial charge in [-0.05, 0) is 57.4 Å². The van der Waals surface area contributed by atoms with Crippen LogP contribution in [0.3, 0.4) is 0 Å². The highest BCUT2D eigenvalue weighted by molar-refractivity contribution is 5.27. The minimum atomic E-state index is 0.243. The van der Waals surface area contributed by atoms with E-state index in [9.17, 15) is 0 Å². The van der Waals surface area contributed by atoms with Crippen molar-refractivity contribution < 1.29 is 4.74 Å².